The number of rotatable bonds is 16. The smallest absolute Gasteiger partial charge is 0.305 e. The summed E-state index contributed by atoms with van der Waals surface area (Å²) in [5, 5.41) is 9.92. The molecule has 9 nitrogen and oxygen atoms in total. The second-order valence-electron chi connectivity index (χ2n) is 11.4. The van der Waals surface area contributed by atoms with Crippen LogP contribution in [0, 0.1) is 11.6 Å². The van der Waals surface area contributed by atoms with Crippen molar-refractivity contribution in [3.63, 3.8) is 0 Å². The Bertz CT molecular complexity index is 1850. The van der Waals surface area contributed by atoms with Gasteiger partial charge in [-0.2, -0.15) is 0 Å². The van der Waals surface area contributed by atoms with E-state index in [0.717, 1.165) is 42.5 Å². The summed E-state index contributed by atoms with van der Waals surface area (Å²) in [6, 6.07) is 15.1. The average Bonchev–Trinajstić information content (AvgIpc) is 3.74. The number of benzene rings is 3. The quantitative estimate of drug-likeness (QED) is 0.0647. The molecule has 0 saturated heterocycles. The number of carboxylic acid groups (broad SMARTS) is 1. The number of fused-ring (bicyclic) bond motifs is 1. The van der Waals surface area contributed by atoms with Gasteiger partial charge in [-0.25, -0.2) is 13.8 Å². The number of halogens is 2. The number of carboxylic acids is 1. The van der Waals surface area contributed by atoms with Crippen LogP contribution in [0.2, 0.25) is 0 Å². The summed E-state index contributed by atoms with van der Waals surface area (Å²) < 4.78 is 41.4. The molecule has 11 heteroatoms. The minimum atomic E-state index is -1.02. The van der Waals surface area contributed by atoms with E-state index in [0.29, 0.717) is 29.4 Å². The van der Waals surface area contributed by atoms with E-state index < -0.39 is 17.6 Å². The van der Waals surface area contributed by atoms with Gasteiger partial charge in [-0.05, 0) is 67.6 Å². The van der Waals surface area contributed by atoms with Crippen molar-refractivity contribution in [2.45, 2.75) is 57.3 Å². The maximum Gasteiger partial charge on any atom is 0.305 e. The van der Waals surface area contributed by atoms with E-state index in [1.165, 1.54) is 31.4 Å². The molecular weight excluding hydrogens is 606 g/mol. The van der Waals surface area contributed by atoms with Crippen molar-refractivity contribution in [2.24, 2.45) is 5.73 Å². The van der Waals surface area contributed by atoms with Crippen molar-refractivity contribution >= 4 is 22.8 Å². The van der Waals surface area contributed by atoms with Gasteiger partial charge in [0.15, 0.2) is 11.6 Å². The minimum Gasteiger partial charge on any atom is -0.481 e. The number of unbranched alkanes of at least 4 members (excludes halogenated alkanes) is 2. The van der Waals surface area contributed by atoms with E-state index in [9.17, 15) is 14.7 Å². The number of ether oxygens (including phenoxy) is 2. The first-order chi connectivity index (χ1) is 22.8. The van der Waals surface area contributed by atoms with Crippen LogP contribution in [0.1, 0.15) is 66.8 Å². The van der Waals surface area contributed by atoms with E-state index in [1.54, 1.807) is 18.5 Å². The Morgan fingerprint density at radius 1 is 1.00 bits per heavy atom. The first-order valence-corrected chi connectivity index (χ1v) is 15.7. The number of aryl methyl sites for hydroxylation is 2. The molecule has 1 atom stereocenters. The van der Waals surface area contributed by atoms with Crippen molar-refractivity contribution in [2.75, 3.05) is 13.7 Å². The molecule has 0 amide bonds. The summed E-state index contributed by atoms with van der Waals surface area (Å²) in [4.78, 5) is 33.8. The Hall–Kier alpha value is -5.03. The van der Waals surface area contributed by atoms with Gasteiger partial charge in [0.2, 0.25) is 0 Å². The third-order valence-corrected chi connectivity index (χ3v) is 8.23. The van der Waals surface area contributed by atoms with E-state index in [2.05, 4.69) is 21.0 Å². The molecule has 0 radical (unpaired) electrons. The number of hydrogen-bond donors (Lipinski definition) is 4. The van der Waals surface area contributed by atoms with Gasteiger partial charge < -0.3 is 30.3 Å². The number of aromatic nitrogens is 3. The molecule has 47 heavy (non-hydrogen) atoms. The molecule has 5 rings (SSSR count). The summed E-state index contributed by atoms with van der Waals surface area (Å²) in [6.07, 6.45) is 7.58. The number of nitrogens with one attached hydrogen (secondary N) is 2. The summed E-state index contributed by atoms with van der Waals surface area (Å²) in [6.45, 7) is 0.615. The molecule has 0 spiro atoms. The Labute approximate surface area is 271 Å². The number of nitrogens with two attached hydrogens (primary N) is 1. The number of carbonyl (C=O) groups excluding carboxylic acids is 1. The van der Waals surface area contributed by atoms with Crippen LogP contribution in [0.5, 0.6) is 11.5 Å². The molecule has 5 aromatic rings. The molecule has 246 valence electrons. The van der Waals surface area contributed by atoms with Gasteiger partial charge >= 0.3 is 11.9 Å². The third kappa shape index (κ3) is 8.23. The molecule has 1 unspecified atom stereocenters. The van der Waals surface area contributed by atoms with E-state index in [1.807, 2.05) is 18.2 Å². The molecule has 5 N–H and O–H groups in total. The average molecular weight is 645 g/mol. The Morgan fingerprint density at radius 3 is 2.64 bits per heavy atom. The highest BCUT2D eigenvalue weighted by Crippen LogP contribution is 2.37. The van der Waals surface area contributed by atoms with Gasteiger partial charge in [-0.1, -0.05) is 37.1 Å². The monoisotopic (exact) mass is 644 g/mol. The van der Waals surface area contributed by atoms with Crippen LogP contribution in [-0.2, 0) is 27.2 Å². The van der Waals surface area contributed by atoms with E-state index in [4.69, 9.17) is 15.2 Å². The summed E-state index contributed by atoms with van der Waals surface area (Å²) in [5.74, 6) is -2.25. The molecule has 0 aliphatic rings. The van der Waals surface area contributed by atoms with Gasteiger partial charge in [0.1, 0.15) is 17.4 Å². The molecule has 3 aromatic carbocycles. The Balaban J connectivity index is 1.44. The standard InChI is InChI=1S/C36H38F2N4O5/c1-46-34(45)14-9-22-6-5-7-23(18-22)25(8-3-2-4-16-39)32-21-41-36(42-32)28-19-24(10-12-29(28)37)47-35-27(11-13-33(43)44)26-15-17-40-31(26)20-30(35)38/h5-7,10,12,15,17-21,25,40H,2-4,8-9,11,13-14,16,39H2,1H3,(H,41,42)(H,43,44). The highest BCUT2D eigenvalue weighted by Gasteiger charge is 2.21. The molecule has 0 fully saturated rings. The van der Waals surface area contributed by atoms with Gasteiger partial charge in [-0.15, -0.1) is 0 Å². The fourth-order valence-electron chi connectivity index (χ4n) is 5.82. The highest BCUT2D eigenvalue weighted by atomic mass is 19.1. The second-order valence-corrected chi connectivity index (χ2v) is 11.4. The third-order valence-electron chi connectivity index (χ3n) is 8.23. The second kappa shape index (κ2) is 15.5. The van der Waals surface area contributed by atoms with Crippen molar-refractivity contribution in [3.8, 4) is 22.9 Å². The first-order valence-electron chi connectivity index (χ1n) is 15.7. The van der Waals surface area contributed by atoms with Crippen LogP contribution < -0.4 is 10.5 Å². The number of hydrogen-bond acceptors (Lipinski definition) is 6. The number of aromatic amines is 2. The number of H-pyrrole nitrogens is 2. The zero-order chi connectivity index (χ0) is 33.3. The Morgan fingerprint density at radius 2 is 1.85 bits per heavy atom. The molecule has 0 bridgehead atoms. The van der Waals surface area contributed by atoms with Gasteiger partial charge in [-0.3, -0.25) is 9.59 Å². The number of nitrogens with zero attached hydrogens (tertiary/aromatic N) is 1. The fourth-order valence-corrected chi connectivity index (χ4v) is 5.82. The van der Waals surface area contributed by atoms with Crippen molar-refractivity contribution in [1.82, 2.24) is 15.0 Å². The summed E-state index contributed by atoms with van der Waals surface area (Å²) >= 11 is 0. The number of esters is 1. The number of carbonyl (C=O) groups is 2. The van der Waals surface area contributed by atoms with Gasteiger partial charge in [0.25, 0.3) is 0 Å². The van der Waals surface area contributed by atoms with Crippen molar-refractivity contribution in [1.29, 1.82) is 0 Å². The lowest BCUT2D eigenvalue weighted by atomic mass is 9.89. The zero-order valence-electron chi connectivity index (χ0n) is 26.2. The highest BCUT2D eigenvalue weighted by molar-refractivity contribution is 5.86. The zero-order valence-corrected chi connectivity index (χ0v) is 26.2. The number of aliphatic carboxylic acids is 1. The van der Waals surface area contributed by atoms with Crippen LogP contribution in [0.3, 0.4) is 0 Å². The van der Waals surface area contributed by atoms with E-state index in [-0.39, 0.29) is 54.0 Å². The predicted molar refractivity (Wildman–Crippen MR) is 174 cm³/mol. The topological polar surface area (TPSA) is 143 Å². The van der Waals surface area contributed by atoms with Crippen LogP contribution >= 0.6 is 0 Å². The van der Waals surface area contributed by atoms with Crippen molar-refractivity contribution < 1.29 is 33.0 Å². The molecule has 0 aliphatic heterocycles. The molecule has 0 saturated carbocycles. The molecule has 2 aromatic heterocycles. The van der Waals surface area contributed by atoms with Crippen LogP contribution in [0.25, 0.3) is 22.3 Å². The lowest BCUT2D eigenvalue weighted by molar-refractivity contribution is -0.140. The molecular formula is C36H38F2N4O5. The fraction of sp³-hybridized carbons (Fsp3) is 0.306. The molecule has 0 aliphatic carbocycles. The summed E-state index contributed by atoms with van der Waals surface area (Å²) in [7, 11) is 1.37. The van der Waals surface area contributed by atoms with Crippen LogP contribution in [0.15, 0.2) is 67.0 Å². The summed E-state index contributed by atoms with van der Waals surface area (Å²) in [5.41, 5.74) is 9.61. The maximum absolute atomic E-state index is 15.3. The van der Waals surface area contributed by atoms with Gasteiger partial charge in [0, 0.05) is 59.4 Å². The molecule has 2 heterocycles. The van der Waals surface area contributed by atoms with Crippen LogP contribution in [-0.4, -0.2) is 45.7 Å². The van der Waals surface area contributed by atoms with Gasteiger partial charge in [0.05, 0.1) is 12.7 Å². The van der Waals surface area contributed by atoms with Crippen molar-refractivity contribution in [3.05, 3.63) is 101 Å². The predicted octanol–water partition coefficient (Wildman–Crippen LogP) is 7.40. The lowest BCUT2D eigenvalue weighted by Crippen LogP contribution is -2.05. The maximum atomic E-state index is 15.3. The number of methoxy groups -OCH3 is 1. The van der Waals surface area contributed by atoms with E-state index >= 15 is 8.78 Å². The normalized spacial score (nSPS) is 11.9. The minimum absolute atomic E-state index is 0.0446. The largest absolute Gasteiger partial charge is 0.481 e. The SMILES string of the molecule is COC(=O)CCc1cccc(C(CCCCCN)c2cnc(-c3cc(Oc4c(F)cc5[nH]ccc5c4CCC(=O)O)ccc3F)[nH]2)c1. The number of imidazole rings is 1. The first kappa shape index (κ1) is 33.3. The lowest BCUT2D eigenvalue weighted by Gasteiger charge is -2.17. The van der Waals surface area contributed by atoms with Crippen LogP contribution in [0.4, 0.5) is 8.78 Å². The Kier molecular flexibility index (Phi) is 11.0.